The van der Waals surface area contributed by atoms with E-state index in [2.05, 4.69) is 18.9 Å². The molecule has 0 unspecified atom stereocenters. The first-order chi connectivity index (χ1) is 7.72. The molecule has 2 rings (SSSR count). The molecule has 94 valence electrons. The predicted molar refractivity (Wildman–Crippen MR) is 67.4 cm³/mol. The van der Waals surface area contributed by atoms with E-state index >= 15 is 0 Å². The van der Waals surface area contributed by atoms with Gasteiger partial charge in [-0.15, -0.1) is 0 Å². The van der Waals surface area contributed by atoms with Crippen molar-refractivity contribution in [1.82, 2.24) is 4.90 Å². The van der Waals surface area contributed by atoms with Gasteiger partial charge in [0.1, 0.15) is 0 Å². The maximum Gasteiger partial charge on any atom is 0.0695 e. The fraction of sp³-hybridized carbons (Fsp3) is 1.00. The topological polar surface area (TPSA) is 23.5 Å². The van der Waals surface area contributed by atoms with Crippen LogP contribution in [-0.2, 0) is 0 Å². The van der Waals surface area contributed by atoms with E-state index in [9.17, 15) is 5.11 Å². The van der Waals surface area contributed by atoms with Crippen molar-refractivity contribution < 1.29 is 5.11 Å². The number of aliphatic hydroxyl groups is 1. The van der Waals surface area contributed by atoms with Gasteiger partial charge in [-0.25, -0.2) is 0 Å². The van der Waals surface area contributed by atoms with E-state index in [4.69, 9.17) is 0 Å². The third-order valence-electron chi connectivity index (χ3n) is 4.94. The quantitative estimate of drug-likeness (QED) is 0.798. The van der Waals surface area contributed by atoms with Crippen LogP contribution in [0.4, 0.5) is 0 Å². The van der Waals surface area contributed by atoms with Gasteiger partial charge in [-0.1, -0.05) is 13.3 Å². The van der Waals surface area contributed by atoms with Crippen molar-refractivity contribution in [1.29, 1.82) is 0 Å². The molecule has 2 aliphatic carbocycles. The van der Waals surface area contributed by atoms with Crippen LogP contribution in [-0.4, -0.2) is 35.2 Å². The maximum absolute atomic E-state index is 9.95. The molecule has 2 saturated carbocycles. The monoisotopic (exact) mass is 225 g/mol. The lowest BCUT2D eigenvalue weighted by Crippen LogP contribution is -2.45. The third-order valence-corrected chi connectivity index (χ3v) is 4.94. The van der Waals surface area contributed by atoms with E-state index in [1.807, 2.05) is 0 Å². The molecule has 2 aliphatic rings. The van der Waals surface area contributed by atoms with E-state index in [-0.39, 0.29) is 6.10 Å². The molecule has 0 spiro atoms. The van der Waals surface area contributed by atoms with Gasteiger partial charge in [-0.05, 0) is 57.9 Å². The molecule has 0 aromatic carbocycles. The minimum atomic E-state index is -0.0612. The molecule has 2 nitrogen and oxygen atoms in total. The summed E-state index contributed by atoms with van der Waals surface area (Å²) in [6.07, 6.45) is 10.2. The summed E-state index contributed by atoms with van der Waals surface area (Å²) in [6, 6.07) is 1.18. The summed E-state index contributed by atoms with van der Waals surface area (Å²) in [7, 11) is 2.23. The van der Waals surface area contributed by atoms with Gasteiger partial charge in [0.05, 0.1) is 6.10 Å². The number of aliphatic hydroxyl groups excluding tert-OH is 1. The van der Waals surface area contributed by atoms with E-state index < -0.39 is 0 Å². The summed E-state index contributed by atoms with van der Waals surface area (Å²) in [5, 5.41) is 9.95. The molecule has 1 N–H and O–H groups in total. The molecule has 0 saturated heterocycles. The van der Waals surface area contributed by atoms with Crippen molar-refractivity contribution in [2.75, 3.05) is 7.05 Å². The molecule has 0 heterocycles. The molecule has 2 atom stereocenters. The average molecular weight is 225 g/mol. The highest BCUT2D eigenvalue weighted by atomic mass is 16.3. The van der Waals surface area contributed by atoms with Crippen LogP contribution in [0.1, 0.15) is 58.3 Å². The van der Waals surface area contributed by atoms with Gasteiger partial charge in [0.2, 0.25) is 0 Å². The van der Waals surface area contributed by atoms with Crippen molar-refractivity contribution >= 4 is 0 Å². The number of hydrogen-bond acceptors (Lipinski definition) is 2. The minimum absolute atomic E-state index is 0.0612. The Kier molecular flexibility index (Phi) is 4.26. The van der Waals surface area contributed by atoms with Crippen LogP contribution >= 0.6 is 0 Å². The van der Waals surface area contributed by atoms with Gasteiger partial charge in [0, 0.05) is 12.1 Å². The van der Waals surface area contributed by atoms with Crippen molar-refractivity contribution in [2.24, 2.45) is 5.92 Å². The zero-order chi connectivity index (χ0) is 11.5. The first-order valence-corrected chi connectivity index (χ1v) is 7.12. The Labute approximate surface area is 100 Å². The summed E-state index contributed by atoms with van der Waals surface area (Å²) in [4.78, 5) is 2.49. The Bertz CT molecular complexity index is 211. The Morgan fingerprint density at radius 1 is 1.06 bits per heavy atom. The highest BCUT2D eigenvalue weighted by Crippen LogP contribution is 2.32. The van der Waals surface area contributed by atoms with Gasteiger partial charge in [-0.2, -0.15) is 0 Å². The first-order valence-electron chi connectivity index (χ1n) is 7.12. The molecule has 2 fully saturated rings. The van der Waals surface area contributed by atoms with Gasteiger partial charge < -0.3 is 5.11 Å². The molecule has 0 bridgehead atoms. The Morgan fingerprint density at radius 2 is 1.75 bits per heavy atom. The number of hydrogen-bond donors (Lipinski definition) is 1. The van der Waals surface area contributed by atoms with Crippen LogP contribution in [0.15, 0.2) is 0 Å². The molecule has 0 amide bonds. The molecule has 0 radical (unpaired) electrons. The number of nitrogens with zero attached hydrogens (tertiary/aromatic N) is 1. The standard InChI is InChI=1S/C14H27NO/c1-3-11-7-9-12(10-8-11)15(2)13-5-4-6-14(13)16/h11-14,16H,3-10H2,1-2H3/t11?,12?,13-,14-/m0/s1. The Balaban J connectivity index is 1.83. The summed E-state index contributed by atoms with van der Waals surface area (Å²) in [6.45, 7) is 2.31. The lowest BCUT2D eigenvalue weighted by molar-refractivity contribution is 0.0441. The largest absolute Gasteiger partial charge is 0.391 e. The van der Waals surface area contributed by atoms with Crippen LogP contribution < -0.4 is 0 Å². The van der Waals surface area contributed by atoms with Gasteiger partial charge in [-0.3, -0.25) is 4.90 Å². The van der Waals surface area contributed by atoms with Crippen molar-refractivity contribution in [2.45, 2.75) is 76.5 Å². The Morgan fingerprint density at radius 3 is 2.25 bits per heavy atom. The molecular weight excluding hydrogens is 198 g/mol. The highest BCUT2D eigenvalue weighted by Gasteiger charge is 2.33. The van der Waals surface area contributed by atoms with Crippen molar-refractivity contribution in [3.63, 3.8) is 0 Å². The zero-order valence-corrected chi connectivity index (χ0v) is 10.9. The van der Waals surface area contributed by atoms with Gasteiger partial charge in [0.25, 0.3) is 0 Å². The molecular formula is C14H27NO. The van der Waals surface area contributed by atoms with Crippen LogP contribution in [0.2, 0.25) is 0 Å². The second-order valence-corrected chi connectivity index (χ2v) is 5.81. The smallest absolute Gasteiger partial charge is 0.0695 e. The molecule has 2 heteroatoms. The van der Waals surface area contributed by atoms with Crippen LogP contribution in [0.3, 0.4) is 0 Å². The molecule has 0 aliphatic heterocycles. The lowest BCUT2D eigenvalue weighted by atomic mass is 9.83. The first kappa shape index (κ1) is 12.4. The second kappa shape index (κ2) is 5.50. The predicted octanol–water partition coefficient (Wildman–Crippen LogP) is 2.80. The van der Waals surface area contributed by atoms with E-state index in [0.29, 0.717) is 6.04 Å². The normalized spacial score (nSPS) is 40.5. The SMILES string of the molecule is CCC1CCC(N(C)[C@H]2CCC[C@@H]2O)CC1. The van der Waals surface area contributed by atoms with Crippen molar-refractivity contribution in [3.8, 4) is 0 Å². The van der Waals surface area contributed by atoms with E-state index in [1.54, 1.807) is 0 Å². The summed E-state index contributed by atoms with van der Waals surface area (Å²) in [5.41, 5.74) is 0. The van der Waals surface area contributed by atoms with Gasteiger partial charge >= 0.3 is 0 Å². The van der Waals surface area contributed by atoms with E-state index in [1.165, 1.54) is 44.9 Å². The average Bonchev–Trinajstić information content (AvgIpc) is 2.75. The van der Waals surface area contributed by atoms with Crippen LogP contribution in [0.25, 0.3) is 0 Å². The molecule has 0 aromatic rings. The fourth-order valence-corrected chi connectivity index (χ4v) is 3.63. The van der Waals surface area contributed by atoms with Crippen LogP contribution in [0, 0.1) is 5.92 Å². The number of likely N-dealkylation sites (N-methyl/N-ethyl adjacent to an activating group) is 1. The molecule has 16 heavy (non-hydrogen) atoms. The summed E-state index contributed by atoms with van der Waals surface area (Å²) in [5.74, 6) is 0.971. The highest BCUT2D eigenvalue weighted by molar-refractivity contribution is 4.88. The lowest BCUT2D eigenvalue weighted by Gasteiger charge is -2.38. The second-order valence-electron chi connectivity index (χ2n) is 5.81. The third kappa shape index (κ3) is 2.60. The van der Waals surface area contributed by atoms with Crippen molar-refractivity contribution in [3.05, 3.63) is 0 Å². The molecule has 0 aromatic heterocycles. The van der Waals surface area contributed by atoms with E-state index in [0.717, 1.165) is 18.4 Å². The van der Waals surface area contributed by atoms with Crippen LogP contribution in [0.5, 0.6) is 0 Å². The Hall–Kier alpha value is -0.0800. The minimum Gasteiger partial charge on any atom is -0.391 e. The fourth-order valence-electron chi connectivity index (χ4n) is 3.63. The zero-order valence-electron chi connectivity index (χ0n) is 10.9. The summed E-state index contributed by atoms with van der Waals surface area (Å²) >= 11 is 0. The summed E-state index contributed by atoms with van der Waals surface area (Å²) < 4.78 is 0. The number of rotatable bonds is 3. The maximum atomic E-state index is 9.95. The van der Waals surface area contributed by atoms with Gasteiger partial charge in [0.15, 0.2) is 0 Å².